The number of carbonyl (C=O) groups is 1. The Hall–Kier alpha value is -3.41. The first-order valence-corrected chi connectivity index (χ1v) is 7.08. The standard InChI is InChI=1S/C17H12N4O2/c22-16(12-7-8-18-13-4-2-1-3-11(12)13)19-10-5-6-14-15(9-10)21-17(23)20-14/h1-9H,(H,19,22)(H2,20,21,23). The predicted molar refractivity (Wildman–Crippen MR) is 88.6 cm³/mol. The zero-order valence-corrected chi connectivity index (χ0v) is 12.0. The number of aromatic nitrogens is 3. The number of hydrogen-bond acceptors (Lipinski definition) is 3. The van der Waals surface area contributed by atoms with Crippen molar-refractivity contribution in [1.29, 1.82) is 0 Å². The fourth-order valence-corrected chi connectivity index (χ4v) is 2.60. The molecule has 0 radical (unpaired) electrons. The molecule has 6 heteroatoms. The molecule has 0 bridgehead atoms. The number of para-hydroxylation sites is 1. The van der Waals surface area contributed by atoms with Crippen LogP contribution in [0.2, 0.25) is 0 Å². The minimum atomic E-state index is -0.274. The number of fused-ring (bicyclic) bond motifs is 2. The SMILES string of the molecule is O=C(Nc1ccc2[nH]c(=O)[nH]c2c1)c1ccnc2ccccc12. The lowest BCUT2D eigenvalue weighted by Gasteiger charge is -2.07. The summed E-state index contributed by atoms with van der Waals surface area (Å²) < 4.78 is 0. The van der Waals surface area contributed by atoms with Crippen LogP contribution in [0.3, 0.4) is 0 Å². The van der Waals surface area contributed by atoms with Crippen molar-refractivity contribution in [2.45, 2.75) is 0 Å². The van der Waals surface area contributed by atoms with Gasteiger partial charge in [-0.15, -0.1) is 0 Å². The Morgan fingerprint density at radius 1 is 1.00 bits per heavy atom. The Morgan fingerprint density at radius 2 is 1.83 bits per heavy atom. The summed E-state index contributed by atoms with van der Waals surface area (Å²) in [5, 5.41) is 3.64. The number of imidazole rings is 1. The van der Waals surface area contributed by atoms with Crippen LogP contribution in [0.4, 0.5) is 5.69 Å². The summed E-state index contributed by atoms with van der Waals surface area (Å²) in [7, 11) is 0. The molecule has 0 saturated heterocycles. The lowest BCUT2D eigenvalue weighted by molar-refractivity contribution is 0.102. The largest absolute Gasteiger partial charge is 0.323 e. The second kappa shape index (κ2) is 5.10. The molecule has 1 amide bonds. The number of H-pyrrole nitrogens is 2. The minimum absolute atomic E-state index is 0.221. The van der Waals surface area contributed by atoms with Gasteiger partial charge < -0.3 is 15.3 Å². The molecule has 0 unspecified atom stereocenters. The van der Waals surface area contributed by atoms with Gasteiger partial charge in [0, 0.05) is 17.3 Å². The lowest BCUT2D eigenvalue weighted by Crippen LogP contribution is -2.12. The third kappa shape index (κ3) is 2.36. The van der Waals surface area contributed by atoms with Crippen molar-refractivity contribution in [1.82, 2.24) is 15.0 Å². The van der Waals surface area contributed by atoms with Gasteiger partial charge >= 0.3 is 5.69 Å². The third-order valence-corrected chi connectivity index (χ3v) is 3.67. The van der Waals surface area contributed by atoms with Gasteiger partial charge in [0.15, 0.2) is 0 Å². The Balaban J connectivity index is 1.71. The molecule has 0 fully saturated rings. The zero-order valence-electron chi connectivity index (χ0n) is 12.0. The summed E-state index contributed by atoms with van der Waals surface area (Å²) in [5.74, 6) is -0.221. The summed E-state index contributed by atoms with van der Waals surface area (Å²) in [4.78, 5) is 33.4. The Morgan fingerprint density at radius 3 is 2.74 bits per heavy atom. The molecule has 0 aliphatic rings. The molecule has 4 rings (SSSR count). The van der Waals surface area contributed by atoms with E-state index in [9.17, 15) is 9.59 Å². The van der Waals surface area contributed by atoms with Gasteiger partial charge in [0.2, 0.25) is 0 Å². The highest BCUT2D eigenvalue weighted by Crippen LogP contribution is 2.19. The van der Waals surface area contributed by atoms with Crippen LogP contribution < -0.4 is 11.0 Å². The van der Waals surface area contributed by atoms with Crippen LogP contribution in [-0.2, 0) is 0 Å². The number of nitrogens with zero attached hydrogens (tertiary/aromatic N) is 1. The summed E-state index contributed by atoms with van der Waals surface area (Å²) in [5.41, 5.74) is 3.00. The van der Waals surface area contributed by atoms with E-state index in [4.69, 9.17) is 0 Å². The number of carbonyl (C=O) groups excluding carboxylic acids is 1. The maximum Gasteiger partial charge on any atom is 0.323 e. The molecule has 2 aromatic carbocycles. The quantitative estimate of drug-likeness (QED) is 0.531. The van der Waals surface area contributed by atoms with Crippen LogP contribution in [0, 0.1) is 0 Å². The van der Waals surface area contributed by atoms with E-state index < -0.39 is 0 Å². The lowest BCUT2D eigenvalue weighted by atomic mass is 10.1. The Kier molecular flexibility index (Phi) is 2.94. The number of rotatable bonds is 2. The van der Waals surface area contributed by atoms with E-state index in [-0.39, 0.29) is 11.6 Å². The van der Waals surface area contributed by atoms with Crippen molar-refractivity contribution in [2.24, 2.45) is 0 Å². The van der Waals surface area contributed by atoms with Crippen molar-refractivity contribution >= 4 is 33.5 Å². The number of aromatic amines is 2. The van der Waals surface area contributed by atoms with Gasteiger partial charge in [-0.25, -0.2) is 4.79 Å². The summed E-state index contributed by atoms with van der Waals surface area (Å²) in [6, 6.07) is 14.4. The van der Waals surface area contributed by atoms with Crippen LogP contribution in [0.25, 0.3) is 21.9 Å². The first kappa shape index (κ1) is 13.3. The molecule has 23 heavy (non-hydrogen) atoms. The van der Waals surface area contributed by atoms with Gasteiger partial charge in [-0.05, 0) is 30.3 Å². The second-order valence-electron chi connectivity index (χ2n) is 5.17. The van der Waals surface area contributed by atoms with Crippen LogP contribution >= 0.6 is 0 Å². The molecule has 6 nitrogen and oxygen atoms in total. The van der Waals surface area contributed by atoms with Crippen LogP contribution in [0.1, 0.15) is 10.4 Å². The van der Waals surface area contributed by atoms with E-state index in [0.29, 0.717) is 22.3 Å². The number of amides is 1. The Labute approximate surface area is 130 Å². The average molecular weight is 304 g/mol. The van der Waals surface area contributed by atoms with Crippen molar-refractivity contribution in [3.05, 3.63) is 70.8 Å². The van der Waals surface area contributed by atoms with Gasteiger partial charge in [-0.3, -0.25) is 9.78 Å². The molecule has 0 saturated carbocycles. The van der Waals surface area contributed by atoms with Crippen molar-refractivity contribution < 1.29 is 4.79 Å². The van der Waals surface area contributed by atoms with Gasteiger partial charge in [0.1, 0.15) is 0 Å². The van der Waals surface area contributed by atoms with Gasteiger partial charge in [0.25, 0.3) is 5.91 Å². The van der Waals surface area contributed by atoms with E-state index in [0.717, 1.165) is 10.9 Å². The molecule has 3 N–H and O–H groups in total. The normalized spacial score (nSPS) is 11.0. The van der Waals surface area contributed by atoms with E-state index in [1.54, 1.807) is 30.5 Å². The van der Waals surface area contributed by atoms with E-state index in [1.807, 2.05) is 24.3 Å². The smallest absolute Gasteiger partial charge is 0.322 e. The number of hydrogen-bond donors (Lipinski definition) is 3. The minimum Gasteiger partial charge on any atom is -0.322 e. The van der Waals surface area contributed by atoms with E-state index in [1.165, 1.54) is 0 Å². The van der Waals surface area contributed by atoms with Crippen molar-refractivity contribution in [3.8, 4) is 0 Å². The monoisotopic (exact) mass is 304 g/mol. The summed E-state index contributed by atoms with van der Waals surface area (Å²) in [6.45, 7) is 0. The molecule has 112 valence electrons. The second-order valence-corrected chi connectivity index (χ2v) is 5.17. The highest BCUT2D eigenvalue weighted by molar-refractivity contribution is 6.12. The fraction of sp³-hybridized carbons (Fsp3) is 0. The molecule has 0 atom stereocenters. The molecular weight excluding hydrogens is 292 g/mol. The summed E-state index contributed by atoms with van der Waals surface area (Å²) >= 11 is 0. The zero-order chi connectivity index (χ0) is 15.8. The Bertz CT molecular complexity index is 1090. The molecular formula is C17H12N4O2. The first-order chi connectivity index (χ1) is 11.2. The van der Waals surface area contributed by atoms with Crippen LogP contribution in [-0.4, -0.2) is 20.9 Å². The molecule has 2 aromatic heterocycles. The van der Waals surface area contributed by atoms with Gasteiger partial charge in [0.05, 0.1) is 22.1 Å². The van der Waals surface area contributed by atoms with Gasteiger partial charge in [-0.2, -0.15) is 0 Å². The molecule has 0 spiro atoms. The molecule has 2 heterocycles. The molecule has 0 aliphatic heterocycles. The highest BCUT2D eigenvalue weighted by Gasteiger charge is 2.11. The number of benzene rings is 2. The molecule has 4 aromatic rings. The third-order valence-electron chi connectivity index (χ3n) is 3.67. The highest BCUT2D eigenvalue weighted by atomic mass is 16.2. The predicted octanol–water partition coefficient (Wildman–Crippen LogP) is 2.66. The maximum atomic E-state index is 12.6. The summed E-state index contributed by atoms with van der Waals surface area (Å²) in [6.07, 6.45) is 1.62. The molecule has 0 aliphatic carbocycles. The van der Waals surface area contributed by atoms with Crippen molar-refractivity contribution in [3.63, 3.8) is 0 Å². The van der Waals surface area contributed by atoms with Crippen molar-refractivity contribution in [2.75, 3.05) is 5.32 Å². The van der Waals surface area contributed by atoms with E-state index >= 15 is 0 Å². The van der Waals surface area contributed by atoms with Gasteiger partial charge in [-0.1, -0.05) is 18.2 Å². The fourth-order valence-electron chi connectivity index (χ4n) is 2.60. The van der Waals surface area contributed by atoms with Crippen LogP contribution in [0.5, 0.6) is 0 Å². The number of nitrogens with one attached hydrogen (secondary N) is 3. The topological polar surface area (TPSA) is 90.6 Å². The first-order valence-electron chi connectivity index (χ1n) is 7.08. The number of pyridine rings is 1. The maximum absolute atomic E-state index is 12.6. The van der Waals surface area contributed by atoms with E-state index in [2.05, 4.69) is 20.3 Å². The average Bonchev–Trinajstić information content (AvgIpc) is 2.93. The number of anilines is 1. The van der Waals surface area contributed by atoms with Crippen LogP contribution in [0.15, 0.2) is 59.5 Å².